The molecular weight excluding hydrogens is 554 g/mol. The second kappa shape index (κ2) is 12.2. The number of urea groups is 2. The minimum atomic E-state index is -0.0520. The molecule has 10 heteroatoms. The summed E-state index contributed by atoms with van der Waals surface area (Å²) in [7, 11) is 0. The molecule has 2 saturated heterocycles. The van der Waals surface area contributed by atoms with E-state index in [1.807, 2.05) is 57.2 Å². The van der Waals surface area contributed by atoms with E-state index in [0.717, 1.165) is 74.4 Å². The number of hydrogen-bond donors (Lipinski definition) is 2. The van der Waals surface area contributed by atoms with E-state index in [9.17, 15) is 14.4 Å². The molecule has 228 valence electrons. The highest BCUT2D eigenvalue weighted by Crippen LogP contribution is 2.28. The van der Waals surface area contributed by atoms with E-state index >= 15 is 0 Å². The first-order valence-corrected chi connectivity index (χ1v) is 15.8. The molecule has 0 unspecified atom stereocenters. The Hall–Kier alpha value is -4.60. The number of anilines is 3. The van der Waals surface area contributed by atoms with Crippen molar-refractivity contribution in [3.05, 3.63) is 83.6 Å². The molecule has 7 rings (SSSR count). The average molecular weight is 594 g/mol. The van der Waals surface area contributed by atoms with Crippen LogP contribution in [0.5, 0.6) is 0 Å². The molecule has 0 radical (unpaired) electrons. The second-order valence-electron chi connectivity index (χ2n) is 12.2. The number of likely N-dealkylation sites (tertiary alicyclic amines) is 1. The van der Waals surface area contributed by atoms with Crippen LogP contribution in [0.3, 0.4) is 0 Å². The van der Waals surface area contributed by atoms with Gasteiger partial charge in [-0.15, -0.1) is 0 Å². The molecule has 0 bridgehead atoms. The van der Waals surface area contributed by atoms with Crippen molar-refractivity contribution in [2.75, 3.05) is 54.8 Å². The topological polar surface area (TPSA) is 101 Å². The Labute approximate surface area is 258 Å². The summed E-state index contributed by atoms with van der Waals surface area (Å²) in [5, 5.41) is 6.16. The highest BCUT2D eigenvalue weighted by molar-refractivity contribution is 5.95. The third-order valence-electron chi connectivity index (χ3n) is 9.70. The maximum atomic E-state index is 13.5. The summed E-state index contributed by atoms with van der Waals surface area (Å²) >= 11 is 0. The first-order chi connectivity index (χ1) is 21.5. The number of hydrogen-bond acceptors (Lipinski definition) is 5. The third kappa shape index (κ3) is 5.68. The molecule has 0 spiro atoms. The van der Waals surface area contributed by atoms with Gasteiger partial charge in [-0.25, -0.2) is 14.6 Å². The number of pyridine rings is 1. The van der Waals surface area contributed by atoms with Crippen LogP contribution in [0, 0.1) is 0 Å². The fourth-order valence-electron chi connectivity index (χ4n) is 7.17. The number of piperidine rings is 2. The number of nitrogens with zero attached hydrogens (tertiary/aromatic N) is 5. The van der Waals surface area contributed by atoms with Crippen LogP contribution in [-0.2, 0) is 12.8 Å². The number of benzene rings is 2. The smallest absolute Gasteiger partial charge is 0.322 e. The number of nitrogens with one attached hydrogen (secondary N) is 2. The quantitative estimate of drug-likeness (QED) is 0.451. The minimum Gasteiger partial charge on any atom is -0.356 e. The van der Waals surface area contributed by atoms with Crippen molar-refractivity contribution in [2.24, 2.45) is 0 Å². The first-order valence-electron chi connectivity index (χ1n) is 15.8. The van der Waals surface area contributed by atoms with Crippen molar-refractivity contribution in [1.82, 2.24) is 19.7 Å². The van der Waals surface area contributed by atoms with Gasteiger partial charge in [0.2, 0.25) is 0 Å². The lowest BCUT2D eigenvalue weighted by Gasteiger charge is -2.39. The maximum absolute atomic E-state index is 13.5. The summed E-state index contributed by atoms with van der Waals surface area (Å²) in [5.41, 5.74) is 4.78. The summed E-state index contributed by atoms with van der Waals surface area (Å²) in [6.07, 6.45) is 6.62. The predicted octanol–water partition coefficient (Wildman–Crippen LogP) is 4.84. The van der Waals surface area contributed by atoms with Crippen molar-refractivity contribution < 1.29 is 14.4 Å². The molecule has 5 amide bonds. The van der Waals surface area contributed by atoms with E-state index < -0.39 is 0 Å². The van der Waals surface area contributed by atoms with E-state index in [0.29, 0.717) is 31.7 Å². The maximum Gasteiger partial charge on any atom is 0.322 e. The Bertz CT molecular complexity index is 1550. The van der Waals surface area contributed by atoms with Gasteiger partial charge in [-0.3, -0.25) is 4.79 Å². The molecule has 2 fully saturated rings. The fourth-order valence-corrected chi connectivity index (χ4v) is 7.17. The van der Waals surface area contributed by atoms with Gasteiger partial charge < -0.3 is 30.2 Å². The molecule has 3 aromatic rings. The van der Waals surface area contributed by atoms with E-state index in [1.54, 1.807) is 12.3 Å². The molecule has 5 heterocycles. The van der Waals surface area contributed by atoms with Crippen LogP contribution in [0.1, 0.15) is 47.2 Å². The molecule has 4 aliphatic rings. The van der Waals surface area contributed by atoms with Crippen molar-refractivity contribution >= 4 is 35.2 Å². The van der Waals surface area contributed by atoms with Gasteiger partial charge in [0.1, 0.15) is 5.82 Å². The Kier molecular flexibility index (Phi) is 7.80. The lowest BCUT2D eigenvalue weighted by molar-refractivity contribution is 0.0659. The minimum absolute atomic E-state index is 0.00973. The number of amides is 5. The standard InChI is InChI=1S/C34H39N7O3/c42-32(39-19-14-28(15-20-39)41-22-11-25-6-2-4-8-30(25)37-34(41)44)26-9-16-35-31(23-26)38-17-12-27(13-18-38)40-21-10-24-5-1-3-7-29(24)36-33(40)43/h1-9,16,23,27-28H,10-15,17-22H2,(H,36,43)(H,37,44). The van der Waals surface area contributed by atoms with Crippen LogP contribution >= 0.6 is 0 Å². The van der Waals surface area contributed by atoms with E-state index in [4.69, 9.17) is 0 Å². The van der Waals surface area contributed by atoms with Crippen LogP contribution in [0.15, 0.2) is 66.9 Å². The fraction of sp³-hybridized carbons (Fsp3) is 0.412. The van der Waals surface area contributed by atoms with Gasteiger partial charge in [0.25, 0.3) is 5.91 Å². The zero-order valence-corrected chi connectivity index (χ0v) is 25.0. The molecule has 2 aromatic carbocycles. The summed E-state index contributed by atoms with van der Waals surface area (Å²) in [6, 6.07) is 19.9. The van der Waals surface area contributed by atoms with Crippen molar-refractivity contribution in [2.45, 2.75) is 50.6 Å². The number of aromatic nitrogens is 1. The molecular formula is C34H39N7O3. The van der Waals surface area contributed by atoms with Gasteiger partial charge in [0.05, 0.1) is 0 Å². The summed E-state index contributed by atoms with van der Waals surface area (Å²) < 4.78 is 0. The number of carbonyl (C=O) groups excluding carboxylic acids is 3. The Morgan fingerprint density at radius 3 is 1.77 bits per heavy atom. The van der Waals surface area contributed by atoms with Crippen LogP contribution in [-0.4, -0.2) is 89.0 Å². The molecule has 2 N–H and O–H groups in total. The first kappa shape index (κ1) is 28.2. The largest absolute Gasteiger partial charge is 0.356 e. The van der Waals surface area contributed by atoms with E-state index in [-0.39, 0.29) is 30.1 Å². The zero-order valence-electron chi connectivity index (χ0n) is 25.0. The van der Waals surface area contributed by atoms with Crippen LogP contribution in [0.2, 0.25) is 0 Å². The molecule has 44 heavy (non-hydrogen) atoms. The number of fused-ring (bicyclic) bond motifs is 2. The molecule has 0 atom stereocenters. The predicted molar refractivity (Wildman–Crippen MR) is 170 cm³/mol. The number of rotatable bonds is 4. The van der Waals surface area contributed by atoms with Gasteiger partial charge in [0, 0.05) is 74.5 Å². The number of para-hydroxylation sites is 2. The molecule has 4 aliphatic heterocycles. The van der Waals surface area contributed by atoms with E-state index in [2.05, 4.69) is 32.7 Å². The molecule has 0 aliphatic carbocycles. The van der Waals surface area contributed by atoms with E-state index in [1.165, 1.54) is 5.56 Å². The monoisotopic (exact) mass is 593 g/mol. The normalized spacial score (nSPS) is 19.8. The summed E-state index contributed by atoms with van der Waals surface area (Å²) in [4.78, 5) is 52.2. The van der Waals surface area contributed by atoms with Gasteiger partial charge in [0.15, 0.2) is 0 Å². The van der Waals surface area contributed by atoms with Gasteiger partial charge in [-0.05, 0) is 73.9 Å². The Morgan fingerprint density at radius 1 is 0.682 bits per heavy atom. The van der Waals surface area contributed by atoms with Crippen LogP contribution in [0.4, 0.5) is 26.8 Å². The molecule has 0 saturated carbocycles. The Morgan fingerprint density at radius 2 is 1.20 bits per heavy atom. The SMILES string of the molecule is O=C(c1ccnc(N2CCC(N3CCc4ccccc4NC3=O)CC2)c1)N1CCC(N2CCc3ccccc3NC2=O)CC1. The van der Waals surface area contributed by atoms with Crippen molar-refractivity contribution in [1.29, 1.82) is 0 Å². The highest BCUT2D eigenvalue weighted by Gasteiger charge is 2.33. The van der Waals surface area contributed by atoms with Gasteiger partial charge in [-0.1, -0.05) is 36.4 Å². The second-order valence-corrected chi connectivity index (χ2v) is 12.2. The highest BCUT2D eigenvalue weighted by atomic mass is 16.2. The lowest BCUT2D eigenvalue weighted by Crippen LogP contribution is -2.50. The zero-order chi connectivity index (χ0) is 30.0. The van der Waals surface area contributed by atoms with Crippen molar-refractivity contribution in [3.63, 3.8) is 0 Å². The van der Waals surface area contributed by atoms with Crippen LogP contribution in [0.25, 0.3) is 0 Å². The van der Waals surface area contributed by atoms with Crippen molar-refractivity contribution in [3.8, 4) is 0 Å². The average Bonchev–Trinajstić information content (AvgIpc) is 3.34. The summed E-state index contributed by atoms with van der Waals surface area (Å²) in [5.74, 6) is 0.813. The molecule has 10 nitrogen and oxygen atoms in total. The Balaban J connectivity index is 0.931. The van der Waals surface area contributed by atoms with Gasteiger partial charge >= 0.3 is 12.1 Å². The molecule has 1 aromatic heterocycles. The lowest BCUT2D eigenvalue weighted by atomic mass is 10.0. The van der Waals surface area contributed by atoms with Gasteiger partial charge in [-0.2, -0.15) is 0 Å². The summed E-state index contributed by atoms with van der Waals surface area (Å²) in [6.45, 7) is 4.18. The third-order valence-corrected chi connectivity index (χ3v) is 9.70. The van der Waals surface area contributed by atoms with Crippen LogP contribution < -0.4 is 15.5 Å². The number of carbonyl (C=O) groups is 3.